The summed E-state index contributed by atoms with van der Waals surface area (Å²) in [6.07, 6.45) is 1.59. The maximum absolute atomic E-state index is 11.9. The average molecular weight is 231 g/mol. The van der Waals surface area contributed by atoms with Gasteiger partial charge in [-0.15, -0.1) is 0 Å². The predicted octanol–water partition coefficient (Wildman–Crippen LogP) is 2.49. The Balaban J connectivity index is 2.12. The van der Waals surface area contributed by atoms with E-state index in [0.717, 1.165) is 13.0 Å². The van der Waals surface area contributed by atoms with Crippen LogP contribution in [0, 0.1) is 12.3 Å². The van der Waals surface area contributed by atoms with Crippen LogP contribution in [0.3, 0.4) is 0 Å². The molecule has 1 N–H and O–H groups in total. The minimum Gasteiger partial charge on any atom is -0.312 e. The average Bonchev–Trinajstić information content (AvgIpc) is 2.28. The molecule has 0 bridgehead atoms. The predicted molar refractivity (Wildman–Crippen MR) is 70.1 cm³/mol. The minimum absolute atomic E-state index is 0.247. The molecule has 17 heavy (non-hydrogen) atoms. The summed E-state index contributed by atoms with van der Waals surface area (Å²) >= 11 is 0. The van der Waals surface area contributed by atoms with Crippen LogP contribution in [0.15, 0.2) is 24.3 Å². The summed E-state index contributed by atoms with van der Waals surface area (Å²) in [7, 11) is 0. The third-order valence-corrected chi connectivity index (χ3v) is 3.89. The summed E-state index contributed by atoms with van der Waals surface area (Å²) < 4.78 is 0. The first-order valence-corrected chi connectivity index (χ1v) is 6.32. The summed E-state index contributed by atoms with van der Waals surface area (Å²) in [4.78, 5) is 11.9. The zero-order chi connectivity index (χ0) is 12.5. The third kappa shape index (κ3) is 2.58. The molecule has 0 radical (unpaired) electrons. The molecule has 1 heterocycles. The normalized spacial score (nSPS) is 23.7. The Bertz CT molecular complexity index is 405. The number of aryl methyl sites for hydroxylation is 1. The van der Waals surface area contributed by atoms with Crippen LogP contribution in [0.2, 0.25) is 0 Å². The van der Waals surface area contributed by atoms with Crippen molar-refractivity contribution in [1.29, 1.82) is 0 Å². The minimum atomic E-state index is -0.247. The summed E-state index contributed by atoms with van der Waals surface area (Å²) in [5, 5.41) is 3.48. The van der Waals surface area contributed by atoms with Crippen LogP contribution in [-0.2, 0) is 11.2 Å². The van der Waals surface area contributed by atoms with Gasteiger partial charge in [0.1, 0.15) is 5.78 Å². The highest BCUT2D eigenvalue weighted by atomic mass is 16.1. The number of piperidine rings is 1. The van der Waals surface area contributed by atoms with Crippen molar-refractivity contribution in [3.63, 3.8) is 0 Å². The first-order valence-electron chi connectivity index (χ1n) is 6.32. The molecule has 2 rings (SSSR count). The highest BCUT2D eigenvalue weighted by Crippen LogP contribution is 2.29. The lowest BCUT2D eigenvalue weighted by atomic mass is 9.74. The van der Waals surface area contributed by atoms with Crippen molar-refractivity contribution in [3.8, 4) is 0 Å². The van der Waals surface area contributed by atoms with E-state index in [1.54, 1.807) is 0 Å². The van der Waals surface area contributed by atoms with Crippen molar-refractivity contribution >= 4 is 5.78 Å². The summed E-state index contributed by atoms with van der Waals surface area (Å²) in [5.41, 5.74) is 2.33. The largest absolute Gasteiger partial charge is 0.312 e. The fraction of sp³-hybridized carbons (Fsp3) is 0.533. The molecule has 1 aromatic rings. The summed E-state index contributed by atoms with van der Waals surface area (Å²) in [5.74, 6) is 0.383. The molecule has 0 aliphatic carbocycles. The van der Waals surface area contributed by atoms with Gasteiger partial charge in [0.05, 0.1) is 0 Å². The molecule has 92 valence electrons. The van der Waals surface area contributed by atoms with Gasteiger partial charge in [-0.05, 0) is 18.9 Å². The Hall–Kier alpha value is -1.15. The van der Waals surface area contributed by atoms with Crippen molar-refractivity contribution < 1.29 is 4.79 Å². The van der Waals surface area contributed by atoms with E-state index in [4.69, 9.17) is 0 Å². The second-order valence-electron chi connectivity index (χ2n) is 5.59. The third-order valence-electron chi connectivity index (χ3n) is 3.89. The Morgan fingerprint density at radius 3 is 2.59 bits per heavy atom. The Labute approximate surface area is 103 Å². The maximum atomic E-state index is 11.9. The highest BCUT2D eigenvalue weighted by Gasteiger charge is 2.38. The van der Waals surface area contributed by atoms with Crippen LogP contribution in [-0.4, -0.2) is 18.4 Å². The molecule has 2 nitrogen and oxygen atoms in total. The zero-order valence-corrected chi connectivity index (χ0v) is 10.9. The SMILES string of the molecule is Cc1ccc(C[C@@H]2NCCC(=O)C2(C)C)cc1. The van der Waals surface area contributed by atoms with E-state index in [0.29, 0.717) is 12.2 Å². The van der Waals surface area contributed by atoms with Gasteiger partial charge < -0.3 is 5.32 Å². The lowest BCUT2D eigenvalue weighted by Gasteiger charge is -2.38. The number of ketones is 1. The van der Waals surface area contributed by atoms with Crippen LogP contribution in [0.4, 0.5) is 0 Å². The van der Waals surface area contributed by atoms with Crippen LogP contribution < -0.4 is 5.32 Å². The maximum Gasteiger partial charge on any atom is 0.141 e. The van der Waals surface area contributed by atoms with Gasteiger partial charge in [0.2, 0.25) is 0 Å². The number of benzene rings is 1. The van der Waals surface area contributed by atoms with Gasteiger partial charge in [-0.2, -0.15) is 0 Å². The van der Waals surface area contributed by atoms with E-state index in [1.165, 1.54) is 11.1 Å². The first-order chi connectivity index (χ1) is 8.00. The summed E-state index contributed by atoms with van der Waals surface area (Å²) in [6, 6.07) is 8.84. The molecule has 0 spiro atoms. The molecular weight excluding hydrogens is 210 g/mol. The molecule has 1 aliphatic heterocycles. The lowest BCUT2D eigenvalue weighted by molar-refractivity contribution is -0.130. The van der Waals surface area contributed by atoms with Gasteiger partial charge in [-0.3, -0.25) is 4.79 Å². The van der Waals surface area contributed by atoms with Crippen LogP contribution in [0.25, 0.3) is 0 Å². The molecular formula is C15H21NO. The van der Waals surface area contributed by atoms with Crippen molar-refractivity contribution in [2.24, 2.45) is 5.41 Å². The molecule has 1 aliphatic rings. The van der Waals surface area contributed by atoms with E-state index in [9.17, 15) is 4.79 Å². The van der Waals surface area contributed by atoms with Crippen LogP contribution >= 0.6 is 0 Å². The molecule has 0 aromatic heterocycles. The highest BCUT2D eigenvalue weighted by molar-refractivity contribution is 5.85. The van der Waals surface area contributed by atoms with E-state index in [2.05, 4.69) is 50.4 Å². The molecule has 2 heteroatoms. The standard InChI is InChI=1S/C15H21NO/c1-11-4-6-12(7-5-11)10-13-15(2,3)14(17)8-9-16-13/h4-7,13,16H,8-10H2,1-3H3/t13-/m0/s1. The van der Waals surface area contributed by atoms with Gasteiger partial charge in [0.15, 0.2) is 0 Å². The number of nitrogens with one attached hydrogen (secondary N) is 1. The van der Waals surface area contributed by atoms with E-state index < -0.39 is 0 Å². The zero-order valence-electron chi connectivity index (χ0n) is 10.9. The Morgan fingerprint density at radius 2 is 1.94 bits per heavy atom. The lowest BCUT2D eigenvalue weighted by Crippen LogP contribution is -2.53. The van der Waals surface area contributed by atoms with E-state index >= 15 is 0 Å². The monoisotopic (exact) mass is 231 g/mol. The van der Waals surface area contributed by atoms with Crippen LogP contribution in [0.1, 0.15) is 31.4 Å². The molecule has 0 unspecified atom stereocenters. The van der Waals surface area contributed by atoms with Crippen LogP contribution in [0.5, 0.6) is 0 Å². The molecule has 1 saturated heterocycles. The molecule has 0 amide bonds. The number of hydrogen-bond donors (Lipinski definition) is 1. The number of rotatable bonds is 2. The van der Waals surface area contributed by atoms with Gasteiger partial charge in [-0.25, -0.2) is 0 Å². The van der Waals surface area contributed by atoms with Crippen molar-refractivity contribution in [2.75, 3.05) is 6.54 Å². The molecule has 0 saturated carbocycles. The van der Waals surface area contributed by atoms with Gasteiger partial charge in [0, 0.05) is 24.4 Å². The first kappa shape index (κ1) is 12.3. The molecule has 1 atom stereocenters. The number of hydrogen-bond acceptors (Lipinski definition) is 2. The fourth-order valence-corrected chi connectivity index (χ4v) is 2.42. The van der Waals surface area contributed by atoms with Gasteiger partial charge >= 0.3 is 0 Å². The number of carbonyl (C=O) groups excluding carboxylic acids is 1. The van der Waals surface area contributed by atoms with Crippen molar-refractivity contribution in [3.05, 3.63) is 35.4 Å². The van der Waals surface area contributed by atoms with E-state index in [-0.39, 0.29) is 11.5 Å². The smallest absolute Gasteiger partial charge is 0.141 e. The van der Waals surface area contributed by atoms with Crippen molar-refractivity contribution in [1.82, 2.24) is 5.32 Å². The second-order valence-corrected chi connectivity index (χ2v) is 5.59. The molecule has 1 aromatic carbocycles. The quantitative estimate of drug-likeness (QED) is 0.847. The number of carbonyl (C=O) groups is 1. The topological polar surface area (TPSA) is 29.1 Å². The van der Waals surface area contributed by atoms with E-state index in [1.807, 2.05) is 0 Å². The second kappa shape index (κ2) is 4.61. The fourth-order valence-electron chi connectivity index (χ4n) is 2.42. The summed E-state index contributed by atoms with van der Waals surface area (Å²) in [6.45, 7) is 7.02. The van der Waals surface area contributed by atoms with Gasteiger partial charge in [-0.1, -0.05) is 43.7 Å². The number of Topliss-reactive ketones (excluding diaryl/α,β-unsaturated/α-hetero) is 1. The van der Waals surface area contributed by atoms with Gasteiger partial charge in [0.25, 0.3) is 0 Å². The Morgan fingerprint density at radius 1 is 1.29 bits per heavy atom. The Kier molecular flexibility index (Phi) is 3.34. The molecule has 1 fully saturated rings. The van der Waals surface area contributed by atoms with Crippen molar-refractivity contribution in [2.45, 2.75) is 39.7 Å².